The average molecular weight is 621 g/mol. The Morgan fingerprint density at radius 1 is 0.475 bits per heavy atom. The Bertz CT molecular complexity index is 710. The SMILES string of the molecule is CCCCCCCCC(CCC(F)(F)C(F)(F)C(F)(F)C(F)(F)C(F)(F)C(F)(F)F)C(OCC)(OCC)OCC. The minimum atomic E-state index is -7.92. The molecule has 0 N–H and O–H groups in total. The lowest BCUT2D eigenvalue weighted by Crippen LogP contribution is -2.70. The Morgan fingerprint density at radius 2 is 0.875 bits per heavy atom. The Morgan fingerprint density at radius 3 is 1.27 bits per heavy atom. The predicted octanol–water partition coefficient (Wildman–Crippen LogP) is 9.64. The van der Waals surface area contributed by atoms with Gasteiger partial charge in [-0.2, -0.15) is 57.1 Å². The molecule has 0 heterocycles. The summed E-state index contributed by atoms with van der Waals surface area (Å²) >= 11 is 0. The second-order valence-electron chi connectivity index (χ2n) is 9.19. The number of alkyl halides is 13. The van der Waals surface area contributed by atoms with E-state index in [9.17, 15) is 57.1 Å². The van der Waals surface area contributed by atoms with Crippen LogP contribution in [-0.2, 0) is 14.2 Å². The van der Waals surface area contributed by atoms with Gasteiger partial charge < -0.3 is 14.2 Å². The molecule has 16 heteroatoms. The molecule has 1 unspecified atom stereocenters. The number of hydrogen-bond donors (Lipinski definition) is 0. The molecule has 0 spiro atoms. The molecule has 3 nitrogen and oxygen atoms in total. The fourth-order valence-corrected chi connectivity index (χ4v) is 4.07. The van der Waals surface area contributed by atoms with Gasteiger partial charge in [0.1, 0.15) is 0 Å². The van der Waals surface area contributed by atoms with Gasteiger partial charge in [-0.3, -0.25) is 0 Å². The van der Waals surface area contributed by atoms with Crippen LogP contribution in [0.3, 0.4) is 0 Å². The Hall–Kier alpha value is -1.03. The lowest BCUT2D eigenvalue weighted by atomic mass is 9.87. The first-order valence-corrected chi connectivity index (χ1v) is 13.0. The zero-order valence-electron chi connectivity index (χ0n) is 22.7. The van der Waals surface area contributed by atoms with Gasteiger partial charge in [0.15, 0.2) is 0 Å². The first-order valence-electron chi connectivity index (χ1n) is 13.0. The first-order chi connectivity index (χ1) is 18.1. The third-order valence-electron chi connectivity index (χ3n) is 6.25. The highest BCUT2D eigenvalue weighted by atomic mass is 19.4. The highest BCUT2D eigenvalue weighted by Gasteiger charge is 2.90. The summed E-state index contributed by atoms with van der Waals surface area (Å²) in [5, 5.41) is 0. The van der Waals surface area contributed by atoms with E-state index in [4.69, 9.17) is 14.2 Å². The van der Waals surface area contributed by atoms with E-state index in [1.54, 1.807) is 0 Å². The smallest absolute Gasteiger partial charge is 0.328 e. The maximum atomic E-state index is 14.5. The van der Waals surface area contributed by atoms with Crippen LogP contribution in [0.15, 0.2) is 0 Å². The van der Waals surface area contributed by atoms with Crippen LogP contribution in [0.5, 0.6) is 0 Å². The van der Waals surface area contributed by atoms with Crippen molar-refractivity contribution in [1.82, 2.24) is 0 Å². The second kappa shape index (κ2) is 14.9. The van der Waals surface area contributed by atoms with Crippen molar-refractivity contribution in [3.8, 4) is 0 Å². The molecule has 0 aromatic heterocycles. The van der Waals surface area contributed by atoms with Crippen molar-refractivity contribution in [2.45, 2.75) is 127 Å². The molecule has 40 heavy (non-hydrogen) atoms. The molecule has 0 aliphatic heterocycles. The van der Waals surface area contributed by atoms with Crippen molar-refractivity contribution in [2.75, 3.05) is 19.8 Å². The van der Waals surface area contributed by atoms with E-state index in [0.29, 0.717) is 12.8 Å². The zero-order valence-corrected chi connectivity index (χ0v) is 22.7. The molecule has 1 atom stereocenters. The number of hydrogen-bond acceptors (Lipinski definition) is 3. The van der Waals surface area contributed by atoms with Gasteiger partial charge in [-0.1, -0.05) is 45.4 Å². The largest absolute Gasteiger partial charge is 0.460 e. The van der Waals surface area contributed by atoms with E-state index in [0.717, 1.165) is 19.3 Å². The van der Waals surface area contributed by atoms with Crippen molar-refractivity contribution in [1.29, 1.82) is 0 Å². The van der Waals surface area contributed by atoms with Gasteiger partial charge in [0.2, 0.25) is 0 Å². The lowest BCUT2D eigenvalue weighted by Gasteiger charge is -2.41. The molecule has 0 aromatic rings. The highest BCUT2D eigenvalue weighted by Crippen LogP contribution is 2.61. The minimum Gasteiger partial charge on any atom is -0.328 e. The van der Waals surface area contributed by atoms with Crippen molar-refractivity contribution in [2.24, 2.45) is 5.92 Å². The van der Waals surface area contributed by atoms with Crippen LogP contribution in [0.25, 0.3) is 0 Å². The standard InChI is InChI=1S/C24H37F13O3/c1-5-9-10-11-12-13-14-17(19(38-6-2,39-7-3)40-8-4)15-16-18(25,26)20(27,28)21(29,30)22(31,32)23(33,34)24(35,36)37/h17H,5-16H2,1-4H3. The molecule has 242 valence electrons. The van der Waals surface area contributed by atoms with Gasteiger partial charge in [-0.15, -0.1) is 0 Å². The molecule has 0 fully saturated rings. The van der Waals surface area contributed by atoms with Crippen molar-refractivity contribution < 1.29 is 71.3 Å². The van der Waals surface area contributed by atoms with E-state index >= 15 is 0 Å². The van der Waals surface area contributed by atoms with E-state index in [2.05, 4.69) is 0 Å². The Balaban J connectivity index is 6.26. The van der Waals surface area contributed by atoms with Crippen molar-refractivity contribution in [3.05, 3.63) is 0 Å². The molecule has 0 amide bonds. The number of rotatable bonds is 21. The Labute approximate surface area is 225 Å². The molecular formula is C24H37F13O3. The van der Waals surface area contributed by atoms with Crippen molar-refractivity contribution in [3.63, 3.8) is 0 Å². The summed E-state index contributed by atoms with van der Waals surface area (Å²) < 4.78 is 192. The maximum absolute atomic E-state index is 14.5. The van der Waals surface area contributed by atoms with E-state index in [-0.39, 0.29) is 32.7 Å². The molecule has 0 rings (SSSR count). The Kier molecular flexibility index (Phi) is 14.5. The van der Waals surface area contributed by atoms with Gasteiger partial charge in [0.05, 0.1) is 0 Å². The van der Waals surface area contributed by atoms with Crippen LogP contribution in [0.4, 0.5) is 57.1 Å². The summed E-state index contributed by atoms with van der Waals surface area (Å²) in [5.74, 6) is -40.5. The summed E-state index contributed by atoms with van der Waals surface area (Å²) in [5.41, 5.74) is 0. The van der Waals surface area contributed by atoms with Gasteiger partial charge >= 0.3 is 35.8 Å². The number of unbranched alkanes of at least 4 members (excludes halogenated alkanes) is 5. The third-order valence-corrected chi connectivity index (χ3v) is 6.25. The lowest BCUT2D eigenvalue weighted by molar-refractivity contribution is -0.441. The minimum absolute atomic E-state index is 0.105. The molecule has 0 saturated carbocycles. The van der Waals surface area contributed by atoms with Crippen LogP contribution in [0.1, 0.15) is 85.5 Å². The van der Waals surface area contributed by atoms with E-state index < -0.39 is 60.5 Å². The van der Waals surface area contributed by atoms with Crippen LogP contribution in [-0.4, -0.2) is 61.6 Å². The third kappa shape index (κ3) is 8.29. The van der Waals surface area contributed by atoms with Gasteiger partial charge in [0, 0.05) is 32.2 Å². The first kappa shape index (κ1) is 39.0. The molecule has 0 aliphatic carbocycles. The molecule has 0 aromatic carbocycles. The summed E-state index contributed by atoms with van der Waals surface area (Å²) in [7, 11) is 0. The summed E-state index contributed by atoms with van der Waals surface area (Å²) in [6.45, 7) is 5.82. The molecular weight excluding hydrogens is 583 g/mol. The van der Waals surface area contributed by atoms with Crippen LogP contribution in [0, 0.1) is 5.92 Å². The summed E-state index contributed by atoms with van der Waals surface area (Å²) in [6.07, 6.45) is -6.92. The topological polar surface area (TPSA) is 27.7 Å². The molecule has 0 radical (unpaired) electrons. The monoisotopic (exact) mass is 620 g/mol. The second-order valence-corrected chi connectivity index (χ2v) is 9.19. The van der Waals surface area contributed by atoms with E-state index in [1.165, 1.54) is 20.8 Å². The van der Waals surface area contributed by atoms with Crippen LogP contribution in [0.2, 0.25) is 0 Å². The summed E-state index contributed by atoms with van der Waals surface area (Å²) in [6, 6.07) is 0. The number of halogens is 13. The normalized spacial score (nSPS) is 15.5. The highest BCUT2D eigenvalue weighted by molar-refractivity contribution is 5.10. The average Bonchev–Trinajstić information content (AvgIpc) is 2.82. The van der Waals surface area contributed by atoms with Crippen LogP contribution < -0.4 is 0 Å². The van der Waals surface area contributed by atoms with Gasteiger partial charge in [-0.05, 0) is 33.6 Å². The van der Waals surface area contributed by atoms with E-state index in [1.807, 2.05) is 6.92 Å². The maximum Gasteiger partial charge on any atom is 0.460 e. The fraction of sp³-hybridized carbons (Fsp3) is 1.00. The zero-order chi connectivity index (χ0) is 31.7. The quantitative estimate of drug-likeness (QED) is 0.0727. The molecule has 0 saturated heterocycles. The molecule has 0 bridgehead atoms. The van der Waals surface area contributed by atoms with Gasteiger partial charge in [-0.25, -0.2) is 0 Å². The van der Waals surface area contributed by atoms with Crippen LogP contribution >= 0.6 is 0 Å². The number of ether oxygens (including phenoxy) is 3. The molecule has 0 aliphatic rings. The van der Waals surface area contributed by atoms with Gasteiger partial charge in [0.25, 0.3) is 5.97 Å². The van der Waals surface area contributed by atoms with Crippen molar-refractivity contribution >= 4 is 0 Å². The summed E-state index contributed by atoms with van der Waals surface area (Å²) in [4.78, 5) is 0. The fourth-order valence-electron chi connectivity index (χ4n) is 4.07. The predicted molar refractivity (Wildman–Crippen MR) is 119 cm³/mol.